The van der Waals surface area contributed by atoms with Crippen LogP contribution >= 0.6 is 0 Å². The van der Waals surface area contributed by atoms with Crippen LogP contribution in [0.4, 0.5) is 26.3 Å². The molecule has 0 saturated carbocycles. The summed E-state index contributed by atoms with van der Waals surface area (Å²) in [5.41, 5.74) is -2.88. The molecule has 0 amide bonds. The number of alkyl halides is 6. The monoisotopic (exact) mass is 817 g/mol. The van der Waals surface area contributed by atoms with Crippen molar-refractivity contribution < 1.29 is 45.9 Å². The van der Waals surface area contributed by atoms with Gasteiger partial charge in [-0.25, -0.2) is 0 Å². The smallest absolute Gasteiger partial charge is 0.416 e. The topological polar surface area (TPSA) is 102 Å². The average Bonchev–Trinajstić information content (AvgIpc) is 2.86. The molecule has 1 heterocycles. The quantitative estimate of drug-likeness (QED) is 0.190. The van der Waals surface area contributed by atoms with Gasteiger partial charge in [0, 0.05) is 30.9 Å². The summed E-state index contributed by atoms with van der Waals surface area (Å²) in [5, 5.41) is 23.2. The van der Waals surface area contributed by atoms with Gasteiger partial charge in [-0.3, -0.25) is 14.9 Å². The molecule has 2 aromatic carbocycles. The average molecular weight is 817 g/mol. The third-order valence-corrected chi connectivity index (χ3v) is 6.40. The molecule has 1 aliphatic heterocycles. The molecule has 39 heavy (non-hydrogen) atoms. The Morgan fingerprint density at radius 3 is 2.05 bits per heavy atom. The number of benzene rings is 2. The van der Waals surface area contributed by atoms with Crippen molar-refractivity contribution in [3.63, 3.8) is 0 Å². The summed E-state index contributed by atoms with van der Waals surface area (Å²) in [7, 11) is 1.21. The van der Waals surface area contributed by atoms with Gasteiger partial charge in [0.2, 0.25) is 5.54 Å². The van der Waals surface area contributed by atoms with E-state index in [4.69, 9.17) is 9.84 Å². The van der Waals surface area contributed by atoms with E-state index in [0.717, 1.165) is 5.56 Å². The Morgan fingerprint density at radius 1 is 1.13 bits per heavy atom. The number of aliphatic carboxylic acids is 1. The summed E-state index contributed by atoms with van der Waals surface area (Å²) in [5.74, 6) is -0.989. The number of hydrogen-bond acceptors (Lipinski definition) is 5. The summed E-state index contributed by atoms with van der Waals surface area (Å²) in [6.45, 7) is 1.59. The Labute approximate surface area is 214 Å². The second kappa shape index (κ2) is 13.1. The minimum Gasteiger partial charge on any atom is -0.481 e. The van der Waals surface area contributed by atoms with Gasteiger partial charge in [0.05, 0.1) is 30.2 Å². The van der Waals surface area contributed by atoms with Gasteiger partial charge in [0.15, 0.2) is 0 Å². The fourth-order valence-electron chi connectivity index (χ4n) is 4.04. The van der Waals surface area contributed by atoms with Crippen LogP contribution in [0.25, 0.3) is 0 Å². The number of carbonyl (C=O) groups is 1. The number of ether oxygens (including phenoxy) is 1. The Balaban J connectivity index is 0.000000383. The molecule has 0 aliphatic carbocycles. The molecule has 1 saturated heterocycles. The van der Waals surface area contributed by atoms with Crippen LogP contribution in [0.1, 0.15) is 67.0 Å². The van der Waals surface area contributed by atoms with Gasteiger partial charge in [-0.05, 0) is 42.7 Å². The molecular weight excluding hydrogens is 789 g/mol. The van der Waals surface area contributed by atoms with Gasteiger partial charge in [-0.2, -0.15) is 26.3 Å². The number of rotatable bonds is 7. The summed E-state index contributed by atoms with van der Waals surface area (Å²) < 4.78 is 79.7. The molecule has 212 valence electrons. The number of carboxylic acids is 1. The molecule has 1 aliphatic rings. The molecule has 2 aromatic rings. The van der Waals surface area contributed by atoms with Crippen LogP contribution in [-0.4, -0.2) is 35.2 Å². The molecule has 3 atom stereocenters. The zero-order valence-electron chi connectivity index (χ0n) is 21.3. The summed E-state index contributed by atoms with van der Waals surface area (Å²) in [4.78, 5) is 21.6. The standard InChI is InChI=1S/C14H18N2O4.C11H10F6O.Rf/c17-13(18)7-9-14(16(19)20)8-6-12(15-10-14)11-4-2-1-3-5-11;1-6(18-2)7-3-8(10(12,13)14)5-9(4-7)11(15,16)17;/h1-5,12,15H,6-10H2,(H,17,18);3-6H,1-2H3;/t12?,14-;;/m1../s1. The summed E-state index contributed by atoms with van der Waals surface area (Å²) in [6, 6.07) is 11.3. The third-order valence-electron chi connectivity index (χ3n) is 6.40. The fourth-order valence-corrected chi connectivity index (χ4v) is 4.04. The third kappa shape index (κ3) is 8.95. The SMILES string of the molecule is COC(C)c1cc(C(F)(F)F)cc(C(F)(F)F)c1.O=C(O)CC[C@]1([N+](=O)[O-])CCC(c2ccccc2)NC1.[Rf]. The number of nitrogens with one attached hydrogen (secondary N) is 1. The summed E-state index contributed by atoms with van der Waals surface area (Å²) >= 11 is 0. The number of halogens is 6. The van der Waals surface area contributed by atoms with E-state index in [1.165, 1.54) is 14.0 Å². The van der Waals surface area contributed by atoms with Crippen molar-refractivity contribution in [2.24, 2.45) is 0 Å². The van der Waals surface area contributed by atoms with E-state index in [9.17, 15) is 41.3 Å². The molecular formula is C25H28F6N2O5Rf. The van der Waals surface area contributed by atoms with E-state index in [2.05, 4.69) is 5.32 Å². The van der Waals surface area contributed by atoms with Crippen molar-refractivity contribution in [3.05, 3.63) is 80.9 Å². The van der Waals surface area contributed by atoms with Gasteiger partial charge in [0.1, 0.15) is 0 Å². The molecule has 0 bridgehead atoms. The molecule has 0 aromatic heterocycles. The number of methoxy groups -OCH3 is 1. The van der Waals surface area contributed by atoms with E-state index >= 15 is 0 Å². The minimum atomic E-state index is -4.83. The normalized spacial score (nSPS) is 20.2. The fraction of sp³-hybridized carbons (Fsp3) is 0.480. The van der Waals surface area contributed by atoms with Crippen molar-refractivity contribution in [2.75, 3.05) is 13.7 Å². The van der Waals surface area contributed by atoms with Crippen molar-refractivity contribution in [1.82, 2.24) is 5.32 Å². The first-order valence-electron chi connectivity index (χ1n) is 11.6. The first kappa shape index (κ1) is 32.8. The van der Waals surface area contributed by atoms with Crippen LogP contribution in [0.3, 0.4) is 0 Å². The van der Waals surface area contributed by atoms with E-state index in [1.54, 1.807) is 0 Å². The van der Waals surface area contributed by atoms with Gasteiger partial charge < -0.3 is 15.2 Å². The van der Waals surface area contributed by atoms with Crippen LogP contribution in [0.2, 0.25) is 0 Å². The van der Waals surface area contributed by atoms with Crippen molar-refractivity contribution in [3.8, 4) is 0 Å². The first-order valence-corrected chi connectivity index (χ1v) is 11.6. The molecule has 7 nitrogen and oxygen atoms in total. The van der Waals surface area contributed by atoms with E-state index in [1.807, 2.05) is 30.3 Å². The van der Waals surface area contributed by atoms with Gasteiger partial charge in [-0.1, -0.05) is 30.3 Å². The molecule has 3 rings (SSSR count). The maximum atomic E-state index is 12.5. The van der Waals surface area contributed by atoms with E-state index in [0.29, 0.717) is 25.0 Å². The van der Waals surface area contributed by atoms with Crippen molar-refractivity contribution >= 4 is 5.97 Å². The Hall–Kier alpha value is -4.19. The Bertz CT molecular complexity index is 1060. The zero-order valence-corrected chi connectivity index (χ0v) is 27.7. The maximum absolute atomic E-state index is 12.5. The molecule has 1 fully saturated rings. The van der Waals surface area contributed by atoms with Crippen LogP contribution < -0.4 is 5.32 Å². The maximum Gasteiger partial charge on any atom is 0.416 e. The number of piperidine rings is 1. The van der Waals surface area contributed by atoms with Crippen molar-refractivity contribution in [1.29, 1.82) is 0 Å². The van der Waals surface area contributed by atoms with E-state index < -0.39 is 41.1 Å². The molecule has 2 N–H and O–H groups in total. The second-order valence-electron chi connectivity index (χ2n) is 8.98. The van der Waals surface area contributed by atoms with Gasteiger partial charge in [-0.15, -0.1) is 0 Å². The van der Waals surface area contributed by atoms with E-state index in [-0.39, 0.29) is 42.0 Å². The van der Waals surface area contributed by atoms with Crippen LogP contribution in [0, 0.1) is 10.1 Å². The summed E-state index contributed by atoms with van der Waals surface area (Å²) in [6.07, 6.45) is -9.56. The van der Waals surface area contributed by atoms with Gasteiger partial charge >= 0.3 is 18.3 Å². The largest absolute Gasteiger partial charge is 0.481 e. The number of hydrogen-bond donors (Lipinski definition) is 2. The molecule has 14 heteroatoms. The predicted molar refractivity (Wildman–Crippen MR) is 125 cm³/mol. The second-order valence-corrected chi connectivity index (χ2v) is 8.98. The van der Waals surface area contributed by atoms with Crippen LogP contribution in [0.5, 0.6) is 0 Å². The molecule has 0 spiro atoms. The number of nitrogens with zero attached hydrogens (tertiary/aromatic N) is 1. The predicted octanol–water partition coefficient (Wildman–Crippen LogP) is 6.42. The van der Waals surface area contributed by atoms with Crippen LogP contribution in [-0.2, 0) is 21.9 Å². The number of nitro groups is 1. The molecule has 2 unspecified atom stereocenters. The molecule has 0 radical (unpaired) electrons. The Morgan fingerprint density at radius 2 is 1.67 bits per heavy atom. The minimum absolute atomic E-state index is 0. The first-order chi connectivity index (χ1) is 17.6. The Kier molecular flexibility index (Phi) is 11.0. The van der Waals surface area contributed by atoms with Gasteiger partial charge in [0.25, 0.3) is 0 Å². The van der Waals surface area contributed by atoms with Crippen molar-refractivity contribution in [2.45, 2.75) is 62.6 Å². The van der Waals surface area contributed by atoms with Crippen LogP contribution in [0.15, 0.2) is 48.5 Å². The number of carboxylic acid groups (broad SMARTS) is 1. The zero-order chi connectivity index (χ0) is 28.7.